The molecule has 2 aromatic rings. The molecule has 1 aliphatic rings. The Morgan fingerprint density at radius 2 is 1.85 bits per heavy atom. The maximum Gasteiger partial charge on any atom is 0.228 e. The van der Waals surface area contributed by atoms with Gasteiger partial charge in [0.2, 0.25) is 9.70 Å². The monoisotopic (exact) mass is 568 g/mol. The van der Waals surface area contributed by atoms with Crippen LogP contribution in [0.5, 0.6) is 0 Å². The van der Waals surface area contributed by atoms with Gasteiger partial charge in [0, 0.05) is 55.1 Å². The number of carbonyl (C=O) groups is 1. The minimum atomic E-state index is -1.81. The lowest BCUT2D eigenvalue weighted by Crippen LogP contribution is -2.56. The second-order valence-corrected chi connectivity index (χ2v) is 11.7. The van der Waals surface area contributed by atoms with Crippen LogP contribution >= 0.6 is 70.0 Å². The van der Waals surface area contributed by atoms with Crippen LogP contribution in [0.4, 0.5) is 5.13 Å². The summed E-state index contributed by atoms with van der Waals surface area (Å²) in [5.41, 5.74) is 1.70. The van der Waals surface area contributed by atoms with E-state index in [0.717, 1.165) is 37.4 Å². The molecule has 7 nitrogen and oxygen atoms in total. The minimum Gasteiger partial charge on any atom is -0.339 e. The molecule has 1 unspecified atom stereocenters. The first kappa shape index (κ1) is 26.7. The largest absolute Gasteiger partial charge is 0.339 e. The first-order valence-electron chi connectivity index (χ1n) is 10.2. The normalized spacial score (nSPS) is 16.3. The summed E-state index contributed by atoms with van der Waals surface area (Å²) in [5, 5.41) is 11.8. The number of piperazine rings is 1. The quantitative estimate of drug-likeness (QED) is 0.262. The van der Waals surface area contributed by atoms with Crippen molar-refractivity contribution in [2.75, 3.05) is 45.1 Å². The number of thiazole rings is 1. The van der Waals surface area contributed by atoms with Crippen LogP contribution in [0.3, 0.4) is 0 Å². The fourth-order valence-corrected chi connectivity index (χ4v) is 4.57. The van der Waals surface area contributed by atoms with Crippen molar-refractivity contribution in [3.05, 3.63) is 34.7 Å². The Kier molecular flexibility index (Phi) is 9.84. The Hall–Kier alpha value is -0.910. The third-order valence-corrected chi connectivity index (χ3v) is 6.91. The van der Waals surface area contributed by atoms with E-state index in [4.69, 9.17) is 58.6 Å². The van der Waals surface area contributed by atoms with Gasteiger partial charge in [-0.05, 0) is 31.4 Å². The lowest BCUT2D eigenvalue weighted by molar-refractivity contribution is -0.122. The Bertz CT molecular complexity index is 945. The number of rotatable bonds is 7. The highest BCUT2D eigenvalue weighted by atomic mass is 35.6. The summed E-state index contributed by atoms with van der Waals surface area (Å²) in [6.45, 7) is 4.46. The van der Waals surface area contributed by atoms with Crippen LogP contribution in [0.15, 0.2) is 29.6 Å². The van der Waals surface area contributed by atoms with Gasteiger partial charge in [0.1, 0.15) is 6.17 Å². The molecule has 0 radical (unpaired) electrons. The maximum absolute atomic E-state index is 12.5. The number of amides is 1. The molecule has 1 saturated heterocycles. The molecule has 3 N–H and O–H groups in total. The zero-order chi connectivity index (χ0) is 24.0. The summed E-state index contributed by atoms with van der Waals surface area (Å²) < 4.78 is -1.81. The molecule has 0 aliphatic carbocycles. The lowest BCUT2D eigenvalue weighted by Gasteiger charge is -2.32. The van der Waals surface area contributed by atoms with Crippen LogP contribution < -0.4 is 16.0 Å². The number of aromatic nitrogens is 1. The van der Waals surface area contributed by atoms with E-state index in [9.17, 15) is 4.79 Å². The van der Waals surface area contributed by atoms with Crippen LogP contribution in [0.1, 0.15) is 6.42 Å². The van der Waals surface area contributed by atoms with Gasteiger partial charge < -0.3 is 25.8 Å². The van der Waals surface area contributed by atoms with E-state index in [1.807, 2.05) is 17.5 Å². The van der Waals surface area contributed by atoms with Crippen LogP contribution in [0, 0.1) is 0 Å². The molecule has 2 heterocycles. The van der Waals surface area contributed by atoms with Crippen molar-refractivity contribution in [3.63, 3.8) is 0 Å². The van der Waals surface area contributed by atoms with Crippen molar-refractivity contribution in [3.8, 4) is 11.3 Å². The van der Waals surface area contributed by atoms with Gasteiger partial charge >= 0.3 is 0 Å². The first-order chi connectivity index (χ1) is 15.6. The first-order valence-corrected chi connectivity index (χ1v) is 13.0. The zero-order valence-corrected chi connectivity index (χ0v) is 22.4. The van der Waals surface area contributed by atoms with Crippen molar-refractivity contribution < 1.29 is 4.79 Å². The number of nitrogens with one attached hydrogen (secondary N) is 3. The summed E-state index contributed by atoms with van der Waals surface area (Å²) in [6, 6.07) is 7.36. The number of carbonyl (C=O) groups excluding carboxylic acids is 1. The molecular weight excluding hydrogens is 546 g/mol. The molecule has 180 valence electrons. The number of benzene rings is 1. The van der Waals surface area contributed by atoms with E-state index in [-0.39, 0.29) is 11.0 Å². The van der Waals surface area contributed by atoms with Crippen LogP contribution in [0.2, 0.25) is 5.02 Å². The molecule has 33 heavy (non-hydrogen) atoms. The Morgan fingerprint density at radius 1 is 1.18 bits per heavy atom. The molecule has 1 aromatic carbocycles. The minimum absolute atomic E-state index is 0.169. The molecule has 3 rings (SSSR count). The van der Waals surface area contributed by atoms with Gasteiger partial charge in [0.15, 0.2) is 10.2 Å². The van der Waals surface area contributed by atoms with E-state index in [1.165, 1.54) is 11.3 Å². The van der Waals surface area contributed by atoms with E-state index in [1.54, 1.807) is 12.1 Å². The highest BCUT2D eigenvalue weighted by Crippen LogP contribution is 2.30. The molecule has 1 fully saturated rings. The van der Waals surface area contributed by atoms with Gasteiger partial charge in [-0.25, -0.2) is 4.98 Å². The number of anilines is 1. The number of alkyl halides is 3. The fourth-order valence-electron chi connectivity index (χ4n) is 3.11. The highest BCUT2D eigenvalue weighted by molar-refractivity contribution is 7.80. The third-order valence-electron chi connectivity index (χ3n) is 5.02. The number of hydrogen-bond donors (Lipinski definition) is 3. The van der Waals surface area contributed by atoms with E-state index in [0.29, 0.717) is 23.1 Å². The highest BCUT2D eigenvalue weighted by Gasteiger charge is 2.34. The molecule has 13 heteroatoms. The predicted molar refractivity (Wildman–Crippen MR) is 143 cm³/mol. The number of thiocarbonyl (C=S) groups is 1. The van der Waals surface area contributed by atoms with Gasteiger partial charge in [-0.15, -0.1) is 11.3 Å². The van der Waals surface area contributed by atoms with Crippen molar-refractivity contribution in [1.82, 2.24) is 25.4 Å². The van der Waals surface area contributed by atoms with Gasteiger partial charge in [-0.2, -0.15) is 0 Å². The third kappa shape index (κ3) is 8.67. The molecule has 0 saturated carbocycles. The van der Waals surface area contributed by atoms with Gasteiger partial charge in [0.25, 0.3) is 0 Å². The summed E-state index contributed by atoms with van der Waals surface area (Å²) >= 11 is 30.9. The Morgan fingerprint density at radius 3 is 2.48 bits per heavy atom. The smallest absolute Gasteiger partial charge is 0.228 e. The molecule has 1 amide bonds. The Balaban J connectivity index is 1.51. The number of hydrogen-bond acceptors (Lipinski definition) is 6. The number of likely N-dealkylation sites (N-methyl/N-ethyl adjacent to an activating group) is 1. The van der Waals surface area contributed by atoms with Gasteiger partial charge in [-0.1, -0.05) is 58.5 Å². The zero-order valence-electron chi connectivity index (χ0n) is 17.8. The topological polar surface area (TPSA) is 72.5 Å². The average molecular weight is 570 g/mol. The van der Waals surface area contributed by atoms with Crippen molar-refractivity contribution in [2.45, 2.75) is 16.4 Å². The summed E-state index contributed by atoms with van der Waals surface area (Å²) in [6.07, 6.45) is -0.724. The van der Waals surface area contributed by atoms with Crippen LogP contribution in [-0.2, 0) is 4.79 Å². The summed E-state index contributed by atoms with van der Waals surface area (Å²) in [4.78, 5) is 21.5. The van der Waals surface area contributed by atoms with Crippen molar-refractivity contribution >= 4 is 86.1 Å². The fraction of sp³-hybridized carbons (Fsp3) is 0.450. The number of halogens is 4. The summed E-state index contributed by atoms with van der Waals surface area (Å²) in [7, 11) is 2.09. The summed E-state index contributed by atoms with van der Waals surface area (Å²) in [5.74, 6) is -0.236. The van der Waals surface area contributed by atoms with E-state index < -0.39 is 9.96 Å². The number of nitrogens with zero attached hydrogens (tertiary/aromatic N) is 3. The molecular formula is C20H24Cl4N6OS2. The molecule has 0 bridgehead atoms. The van der Waals surface area contributed by atoms with Gasteiger partial charge in [-0.3, -0.25) is 4.79 Å². The molecule has 1 aromatic heterocycles. The average Bonchev–Trinajstić information content (AvgIpc) is 3.21. The van der Waals surface area contributed by atoms with Crippen LogP contribution in [-0.4, -0.2) is 75.5 Å². The molecule has 0 spiro atoms. The second kappa shape index (κ2) is 12.2. The van der Waals surface area contributed by atoms with Crippen molar-refractivity contribution in [2.24, 2.45) is 0 Å². The molecule has 1 atom stereocenters. The maximum atomic E-state index is 12.5. The lowest BCUT2D eigenvalue weighted by atomic mass is 10.2. The predicted octanol–water partition coefficient (Wildman–Crippen LogP) is 4.20. The standard InChI is InChI=1S/C20H24Cl4N6OS2/c1-29-8-10-30(11-9-29)7-6-16(31)26-17(20(22,23)24)27-18(32)28-19-25-15(12-33-19)13-2-4-14(21)5-3-13/h2-5,12,17H,6-11H2,1H3,(H,26,31)(H2,25,27,28,32). The molecule has 1 aliphatic heterocycles. The van der Waals surface area contributed by atoms with Crippen LogP contribution in [0.25, 0.3) is 11.3 Å². The second-order valence-electron chi connectivity index (χ2n) is 7.58. The Labute approximate surface area is 222 Å². The van der Waals surface area contributed by atoms with Crippen molar-refractivity contribution in [1.29, 1.82) is 0 Å². The van der Waals surface area contributed by atoms with E-state index >= 15 is 0 Å². The van der Waals surface area contributed by atoms with E-state index in [2.05, 4.69) is 37.8 Å². The SMILES string of the molecule is CN1CCN(CCC(=O)NC(NC(=S)Nc2nc(-c3ccc(Cl)cc3)cs2)C(Cl)(Cl)Cl)CC1. The van der Waals surface area contributed by atoms with Gasteiger partial charge in [0.05, 0.1) is 5.69 Å².